The van der Waals surface area contributed by atoms with Crippen molar-refractivity contribution in [3.8, 4) is 0 Å². The topological polar surface area (TPSA) is 197 Å². The van der Waals surface area contributed by atoms with Crippen LogP contribution in [0.4, 0.5) is 9.59 Å². The molecule has 3 aliphatic heterocycles. The van der Waals surface area contributed by atoms with E-state index in [-0.39, 0.29) is 73.7 Å². The predicted molar refractivity (Wildman–Crippen MR) is 267 cm³/mol. The first-order chi connectivity index (χ1) is 33.3. The average Bonchev–Trinajstić information content (AvgIpc) is 3.66. The second-order valence-corrected chi connectivity index (χ2v) is 26.2. The van der Waals surface area contributed by atoms with Gasteiger partial charge in [0.1, 0.15) is 37.6 Å². The van der Waals surface area contributed by atoms with Gasteiger partial charge in [-0.1, -0.05) is 122 Å². The fourth-order valence-corrected chi connectivity index (χ4v) is 10.4. The van der Waals surface area contributed by atoms with Crippen molar-refractivity contribution in [3.05, 3.63) is 84.4 Å². The first-order valence-corrected chi connectivity index (χ1v) is 28.4. The van der Waals surface area contributed by atoms with Crippen LogP contribution >= 0.6 is 0 Å². The van der Waals surface area contributed by atoms with Crippen molar-refractivity contribution in [2.45, 2.75) is 192 Å². The standard InChI is InChI=1S/C53H83N3O13Si/c1-12-26-60-47-45(68-49-35(6)33(4)34(5)42(66-49)28-55-51(58)61-29-36-20-16-14-17-21-36)41(13-2)65-50(47)69-46-43(57)39(54)27-40(56-52(59)62-30-37-22-18-15-19-23-37)44(46)67-48-32(3)24-25-38(64-48)31-63-70(10,11)53(7,8)9/h12,14-23,32-35,38-50,57H,1,13,24-31,54H2,2-11H3,(H,55,58)(H,56,59)/t32-,33+,34+,35-,38+,39-,40+,41-,42+,43+,44-,45-,46-,47-,48-,49-,50+/m1/s1. The molecule has 3 heterocycles. The van der Waals surface area contributed by atoms with Gasteiger partial charge in [0, 0.05) is 24.4 Å². The van der Waals surface area contributed by atoms with Gasteiger partial charge in [0.15, 0.2) is 27.2 Å². The molecule has 392 valence electrons. The molecule has 17 heteroatoms. The van der Waals surface area contributed by atoms with Crippen LogP contribution in [0.1, 0.15) is 92.2 Å². The lowest BCUT2D eigenvalue weighted by atomic mass is 9.79. The van der Waals surface area contributed by atoms with Gasteiger partial charge in [-0.2, -0.15) is 0 Å². The van der Waals surface area contributed by atoms with Gasteiger partial charge in [-0.15, -0.1) is 6.58 Å². The summed E-state index contributed by atoms with van der Waals surface area (Å²) in [5.74, 6) is 0.137. The van der Waals surface area contributed by atoms with Crippen molar-refractivity contribution < 1.29 is 61.8 Å². The molecule has 4 fully saturated rings. The number of benzene rings is 2. The van der Waals surface area contributed by atoms with Crippen LogP contribution in [0.3, 0.4) is 0 Å². The molecule has 0 aromatic heterocycles. The second kappa shape index (κ2) is 25.5. The molecule has 1 saturated carbocycles. The molecule has 1 aliphatic carbocycles. The van der Waals surface area contributed by atoms with Crippen LogP contribution in [-0.2, 0) is 60.3 Å². The lowest BCUT2D eigenvalue weighted by Gasteiger charge is -2.47. The molecule has 16 nitrogen and oxygen atoms in total. The fourth-order valence-electron chi connectivity index (χ4n) is 9.35. The van der Waals surface area contributed by atoms with Crippen molar-refractivity contribution in [1.29, 1.82) is 0 Å². The Bertz CT molecular complexity index is 1930. The summed E-state index contributed by atoms with van der Waals surface area (Å²) in [6, 6.07) is 17.3. The molecule has 2 aromatic rings. The van der Waals surface area contributed by atoms with E-state index in [1.54, 1.807) is 6.08 Å². The average molecular weight is 998 g/mol. The highest BCUT2D eigenvalue weighted by Crippen LogP contribution is 2.41. The zero-order valence-corrected chi connectivity index (χ0v) is 44.2. The number of hydrogen-bond acceptors (Lipinski definition) is 14. The Morgan fingerprint density at radius 3 is 2.00 bits per heavy atom. The summed E-state index contributed by atoms with van der Waals surface area (Å²) in [7, 11) is -2.08. The maximum absolute atomic E-state index is 13.6. The Balaban J connectivity index is 1.21. The molecule has 6 rings (SSSR count). The van der Waals surface area contributed by atoms with Crippen LogP contribution in [0.5, 0.6) is 0 Å². The number of aliphatic hydroxyl groups is 1. The normalized spacial score (nSPS) is 34.9. The van der Waals surface area contributed by atoms with Crippen LogP contribution in [0, 0.1) is 23.7 Å². The maximum atomic E-state index is 13.6. The number of aliphatic hydroxyl groups excluding tert-OH is 1. The third-order valence-corrected chi connectivity index (χ3v) is 19.8. The summed E-state index contributed by atoms with van der Waals surface area (Å²) < 4.78 is 65.1. The quantitative estimate of drug-likeness (QED) is 0.0737. The van der Waals surface area contributed by atoms with E-state index in [9.17, 15) is 14.7 Å². The van der Waals surface area contributed by atoms with Crippen molar-refractivity contribution in [1.82, 2.24) is 10.6 Å². The van der Waals surface area contributed by atoms with E-state index in [2.05, 4.69) is 78.8 Å². The van der Waals surface area contributed by atoms with E-state index >= 15 is 0 Å². The largest absolute Gasteiger partial charge is 0.445 e. The second-order valence-electron chi connectivity index (χ2n) is 21.4. The number of carbonyl (C=O) groups excluding carboxylic acids is 2. The smallest absolute Gasteiger partial charge is 0.407 e. The Labute approximate surface area is 417 Å². The number of rotatable bonds is 20. The highest BCUT2D eigenvalue weighted by atomic mass is 28.4. The van der Waals surface area contributed by atoms with Crippen LogP contribution < -0.4 is 16.4 Å². The molecule has 3 saturated heterocycles. The number of hydrogen-bond donors (Lipinski definition) is 4. The van der Waals surface area contributed by atoms with E-state index in [1.807, 2.05) is 67.6 Å². The molecule has 0 unspecified atom stereocenters. The molecule has 17 atom stereocenters. The van der Waals surface area contributed by atoms with Crippen LogP contribution in [-0.4, -0.2) is 125 Å². The van der Waals surface area contributed by atoms with Crippen molar-refractivity contribution in [2.75, 3.05) is 19.8 Å². The van der Waals surface area contributed by atoms with Gasteiger partial charge in [-0.3, -0.25) is 0 Å². The minimum atomic E-state index is -2.08. The highest BCUT2D eigenvalue weighted by molar-refractivity contribution is 6.74. The van der Waals surface area contributed by atoms with Gasteiger partial charge in [0.25, 0.3) is 0 Å². The molecule has 4 aliphatic rings. The zero-order valence-electron chi connectivity index (χ0n) is 43.2. The summed E-state index contributed by atoms with van der Waals surface area (Å²) in [6.07, 6.45) is -5.82. The van der Waals surface area contributed by atoms with Gasteiger partial charge in [-0.25, -0.2) is 9.59 Å². The van der Waals surface area contributed by atoms with E-state index in [0.29, 0.717) is 13.0 Å². The van der Waals surface area contributed by atoms with Crippen molar-refractivity contribution in [3.63, 3.8) is 0 Å². The number of nitrogens with two attached hydrogens (primary N) is 1. The number of nitrogens with one attached hydrogen (secondary N) is 2. The molecule has 0 spiro atoms. The van der Waals surface area contributed by atoms with Crippen molar-refractivity contribution >= 4 is 20.5 Å². The summed E-state index contributed by atoms with van der Waals surface area (Å²) in [6.45, 7) is 26.4. The SMILES string of the molecule is C=CCO[C@H]1[C@H](O[C@@H]2[C@@H](O)[C@H](N)C[C@H](NC(=O)OCc3ccccc3)[C@H]2O[C@H]2O[C@H](CO[Si](C)(C)C(C)(C)C)CC[C@H]2C)O[C@H](CC)[C@H]1O[C@H]1O[C@@H](CNC(=O)OCc2ccccc2)[C@@H](C)[C@H](C)[C@H]1C. The molecular weight excluding hydrogens is 915 g/mol. The summed E-state index contributed by atoms with van der Waals surface area (Å²) in [4.78, 5) is 26.4. The molecule has 2 amide bonds. The molecule has 5 N–H and O–H groups in total. The van der Waals surface area contributed by atoms with Crippen molar-refractivity contribution in [2.24, 2.45) is 29.4 Å². The van der Waals surface area contributed by atoms with E-state index in [0.717, 1.165) is 24.0 Å². The lowest BCUT2D eigenvalue weighted by Crippen LogP contribution is -2.66. The van der Waals surface area contributed by atoms with Gasteiger partial charge >= 0.3 is 12.2 Å². The lowest BCUT2D eigenvalue weighted by molar-refractivity contribution is -0.299. The third-order valence-electron chi connectivity index (χ3n) is 15.3. The van der Waals surface area contributed by atoms with E-state index < -0.39 is 88.1 Å². The summed E-state index contributed by atoms with van der Waals surface area (Å²) in [5.41, 5.74) is 8.43. The fraction of sp³-hybridized carbons (Fsp3) is 0.698. The monoisotopic (exact) mass is 998 g/mol. The van der Waals surface area contributed by atoms with Crippen LogP contribution in [0.15, 0.2) is 73.3 Å². The highest BCUT2D eigenvalue weighted by Gasteiger charge is 2.54. The van der Waals surface area contributed by atoms with Crippen LogP contribution in [0.25, 0.3) is 0 Å². The zero-order chi connectivity index (χ0) is 50.8. The molecule has 2 aromatic carbocycles. The van der Waals surface area contributed by atoms with Gasteiger partial charge < -0.3 is 68.5 Å². The maximum Gasteiger partial charge on any atom is 0.407 e. The number of alkyl carbamates (subject to hydrolysis) is 2. The van der Waals surface area contributed by atoms with Crippen LogP contribution in [0.2, 0.25) is 18.1 Å². The van der Waals surface area contributed by atoms with Gasteiger partial charge in [-0.05, 0) is 66.8 Å². The number of ether oxygens (including phenoxy) is 9. The number of amides is 2. The first kappa shape index (κ1) is 55.8. The van der Waals surface area contributed by atoms with Gasteiger partial charge in [0.05, 0.1) is 43.7 Å². The number of carbonyl (C=O) groups is 2. The molecular formula is C53H83N3O13Si. The van der Waals surface area contributed by atoms with E-state index in [4.69, 9.17) is 52.8 Å². The first-order valence-electron chi connectivity index (χ1n) is 25.4. The van der Waals surface area contributed by atoms with E-state index in [1.165, 1.54) is 0 Å². The Hall–Kier alpha value is -3.46. The Morgan fingerprint density at radius 1 is 0.786 bits per heavy atom. The summed E-state index contributed by atoms with van der Waals surface area (Å²) in [5, 5.41) is 18.0. The Morgan fingerprint density at radius 2 is 1.39 bits per heavy atom. The minimum absolute atomic E-state index is 0.0235. The molecule has 0 radical (unpaired) electrons. The molecule has 0 bridgehead atoms. The Kier molecular flexibility index (Phi) is 20.3. The third kappa shape index (κ3) is 14.6. The van der Waals surface area contributed by atoms with Gasteiger partial charge in [0.2, 0.25) is 0 Å². The predicted octanol–water partition coefficient (Wildman–Crippen LogP) is 7.96. The minimum Gasteiger partial charge on any atom is -0.445 e. The summed E-state index contributed by atoms with van der Waals surface area (Å²) >= 11 is 0. The molecule has 70 heavy (non-hydrogen) atoms.